The second kappa shape index (κ2) is 5.73. The van der Waals surface area contributed by atoms with E-state index >= 15 is 0 Å². The number of carbonyl (C=O) groups excluding carboxylic acids is 1. The lowest BCUT2D eigenvalue weighted by molar-refractivity contribution is 0.0932. The Bertz CT molecular complexity index is 903. The average Bonchev–Trinajstić information content (AvgIpc) is 2.55. The summed E-state index contributed by atoms with van der Waals surface area (Å²) in [5, 5.41) is 0.869. The second-order valence-corrected chi connectivity index (χ2v) is 5.46. The van der Waals surface area contributed by atoms with Gasteiger partial charge in [0.05, 0.1) is 23.3 Å². The minimum Gasteiger partial charge on any atom is -0.292 e. The Balaban J connectivity index is 2.08. The Labute approximate surface area is 132 Å². The van der Waals surface area contributed by atoms with Gasteiger partial charge in [0.25, 0.3) is 5.56 Å². The first-order valence-corrected chi connectivity index (χ1v) is 7.21. The zero-order valence-electron chi connectivity index (χ0n) is 11.9. The van der Waals surface area contributed by atoms with E-state index in [0.29, 0.717) is 21.5 Å². The summed E-state index contributed by atoms with van der Waals surface area (Å²) in [6, 6.07) is 13.2. The van der Waals surface area contributed by atoms with Gasteiger partial charge in [-0.3, -0.25) is 14.2 Å². The molecule has 0 saturated carbocycles. The molecule has 3 rings (SSSR count). The smallest absolute Gasteiger partial charge is 0.261 e. The van der Waals surface area contributed by atoms with Crippen LogP contribution in [0.15, 0.2) is 59.7 Å². The SMILES string of the molecule is C[C@@H](C(=O)c1ccccc1)n1cnc2ccc(Cl)cc2c1=O. The van der Waals surface area contributed by atoms with E-state index in [0.717, 1.165) is 0 Å². The van der Waals surface area contributed by atoms with Gasteiger partial charge in [-0.2, -0.15) is 0 Å². The maximum Gasteiger partial charge on any atom is 0.261 e. The summed E-state index contributed by atoms with van der Waals surface area (Å²) in [6.45, 7) is 1.69. The maximum atomic E-state index is 12.6. The van der Waals surface area contributed by atoms with Crippen LogP contribution >= 0.6 is 11.6 Å². The molecule has 3 aromatic rings. The van der Waals surface area contributed by atoms with E-state index in [1.54, 1.807) is 49.4 Å². The predicted molar refractivity (Wildman–Crippen MR) is 86.5 cm³/mol. The summed E-state index contributed by atoms with van der Waals surface area (Å²) in [5.41, 5.74) is 0.849. The third kappa shape index (κ3) is 2.53. The number of hydrogen-bond donors (Lipinski definition) is 0. The van der Waals surface area contributed by atoms with E-state index in [4.69, 9.17) is 11.6 Å². The summed E-state index contributed by atoms with van der Waals surface area (Å²) in [5.74, 6) is -0.133. The lowest BCUT2D eigenvalue weighted by atomic mass is 10.1. The quantitative estimate of drug-likeness (QED) is 0.696. The number of aromatic nitrogens is 2. The van der Waals surface area contributed by atoms with E-state index < -0.39 is 6.04 Å². The summed E-state index contributed by atoms with van der Waals surface area (Å²) < 4.78 is 1.34. The molecule has 0 aliphatic rings. The van der Waals surface area contributed by atoms with Gasteiger partial charge in [0.2, 0.25) is 0 Å². The molecular formula is C17H13ClN2O2. The normalized spacial score (nSPS) is 12.3. The van der Waals surface area contributed by atoms with E-state index in [9.17, 15) is 9.59 Å². The minimum atomic E-state index is -0.634. The lowest BCUT2D eigenvalue weighted by Gasteiger charge is -2.14. The van der Waals surface area contributed by atoms with Crippen molar-refractivity contribution in [3.8, 4) is 0 Å². The summed E-state index contributed by atoms with van der Waals surface area (Å²) >= 11 is 5.94. The molecule has 0 aliphatic heterocycles. The molecule has 0 saturated heterocycles. The first-order valence-electron chi connectivity index (χ1n) is 6.83. The highest BCUT2D eigenvalue weighted by molar-refractivity contribution is 6.31. The predicted octanol–water partition coefficient (Wildman–Crippen LogP) is 3.49. The Morgan fingerprint density at radius 3 is 2.64 bits per heavy atom. The molecule has 22 heavy (non-hydrogen) atoms. The number of rotatable bonds is 3. The van der Waals surface area contributed by atoms with E-state index in [-0.39, 0.29) is 11.3 Å². The molecule has 0 radical (unpaired) electrons. The number of benzene rings is 2. The van der Waals surface area contributed by atoms with Crippen LogP contribution in [0, 0.1) is 0 Å². The van der Waals surface area contributed by atoms with Crippen molar-refractivity contribution in [1.29, 1.82) is 0 Å². The summed E-state index contributed by atoms with van der Waals surface area (Å²) in [6.07, 6.45) is 1.41. The van der Waals surface area contributed by atoms with Gasteiger partial charge in [0, 0.05) is 10.6 Å². The monoisotopic (exact) mass is 312 g/mol. The molecule has 5 heteroatoms. The number of hydrogen-bond acceptors (Lipinski definition) is 3. The molecule has 1 atom stereocenters. The average molecular weight is 313 g/mol. The molecule has 0 N–H and O–H groups in total. The fourth-order valence-electron chi connectivity index (χ4n) is 2.35. The van der Waals surface area contributed by atoms with Crippen molar-refractivity contribution in [2.75, 3.05) is 0 Å². The molecule has 1 aromatic heterocycles. The van der Waals surface area contributed by atoms with Crippen molar-refractivity contribution >= 4 is 28.3 Å². The first kappa shape index (κ1) is 14.5. The van der Waals surface area contributed by atoms with Crippen molar-refractivity contribution in [1.82, 2.24) is 9.55 Å². The van der Waals surface area contributed by atoms with Gasteiger partial charge in [0.15, 0.2) is 5.78 Å². The van der Waals surface area contributed by atoms with Crippen molar-refractivity contribution in [2.24, 2.45) is 0 Å². The lowest BCUT2D eigenvalue weighted by Crippen LogP contribution is -2.28. The van der Waals surface area contributed by atoms with Crippen molar-refractivity contribution in [3.63, 3.8) is 0 Å². The van der Waals surface area contributed by atoms with Gasteiger partial charge in [-0.15, -0.1) is 0 Å². The second-order valence-electron chi connectivity index (χ2n) is 5.02. The molecule has 0 fully saturated rings. The highest BCUT2D eigenvalue weighted by Crippen LogP contribution is 2.17. The Morgan fingerprint density at radius 2 is 1.91 bits per heavy atom. The largest absolute Gasteiger partial charge is 0.292 e. The number of nitrogens with zero attached hydrogens (tertiary/aromatic N) is 2. The molecule has 0 unspecified atom stereocenters. The number of halogens is 1. The minimum absolute atomic E-state index is 0.133. The third-order valence-corrected chi connectivity index (χ3v) is 3.83. The van der Waals surface area contributed by atoms with Crippen LogP contribution in [0.3, 0.4) is 0 Å². The van der Waals surface area contributed by atoms with Crippen LogP contribution in [0.2, 0.25) is 5.02 Å². The van der Waals surface area contributed by atoms with E-state index in [1.807, 2.05) is 6.07 Å². The van der Waals surface area contributed by atoms with E-state index in [1.165, 1.54) is 10.9 Å². The molecule has 0 aliphatic carbocycles. The van der Waals surface area contributed by atoms with Crippen LogP contribution in [0.4, 0.5) is 0 Å². The molecule has 2 aromatic carbocycles. The molecule has 110 valence electrons. The maximum absolute atomic E-state index is 12.6. The number of ketones is 1. The van der Waals surface area contributed by atoms with Crippen LogP contribution in [0.5, 0.6) is 0 Å². The highest BCUT2D eigenvalue weighted by atomic mass is 35.5. The molecule has 1 heterocycles. The van der Waals surface area contributed by atoms with Crippen LogP contribution in [0.1, 0.15) is 23.3 Å². The van der Waals surface area contributed by atoms with Crippen molar-refractivity contribution < 1.29 is 4.79 Å². The standard InChI is InChI=1S/C17H13ClN2O2/c1-11(16(21)12-5-3-2-4-6-12)20-10-19-15-8-7-13(18)9-14(15)17(20)22/h2-11H,1H3/t11-/m0/s1. The molecule has 4 nitrogen and oxygen atoms in total. The van der Waals surface area contributed by atoms with Crippen LogP contribution < -0.4 is 5.56 Å². The highest BCUT2D eigenvalue weighted by Gasteiger charge is 2.19. The Kier molecular flexibility index (Phi) is 3.77. The van der Waals surface area contributed by atoms with Gasteiger partial charge < -0.3 is 0 Å². The summed E-state index contributed by atoms with van der Waals surface area (Å²) in [7, 11) is 0. The van der Waals surface area contributed by atoms with Crippen LogP contribution in [-0.2, 0) is 0 Å². The summed E-state index contributed by atoms with van der Waals surface area (Å²) in [4.78, 5) is 29.3. The topological polar surface area (TPSA) is 52.0 Å². The zero-order chi connectivity index (χ0) is 15.7. The Morgan fingerprint density at radius 1 is 1.18 bits per heavy atom. The zero-order valence-corrected chi connectivity index (χ0v) is 12.6. The van der Waals surface area contributed by atoms with Crippen molar-refractivity contribution in [2.45, 2.75) is 13.0 Å². The molecule has 0 bridgehead atoms. The van der Waals surface area contributed by atoms with Gasteiger partial charge in [0.1, 0.15) is 0 Å². The molecule has 0 spiro atoms. The first-order chi connectivity index (χ1) is 10.6. The van der Waals surface area contributed by atoms with Crippen LogP contribution in [-0.4, -0.2) is 15.3 Å². The molecule has 0 amide bonds. The third-order valence-electron chi connectivity index (χ3n) is 3.60. The number of carbonyl (C=O) groups is 1. The van der Waals surface area contributed by atoms with Crippen molar-refractivity contribution in [3.05, 3.63) is 75.8 Å². The molecular weight excluding hydrogens is 300 g/mol. The van der Waals surface area contributed by atoms with E-state index in [2.05, 4.69) is 4.98 Å². The number of Topliss-reactive ketones (excluding diaryl/α,β-unsaturated/α-hetero) is 1. The number of fused-ring (bicyclic) bond motifs is 1. The Hall–Kier alpha value is -2.46. The van der Waals surface area contributed by atoms with Gasteiger partial charge >= 0.3 is 0 Å². The fraction of sp³-hybridized carbons (Fsp3) is 0.118. The van der Waals surface area contributed by atoms with Gasteiger partial charge in [-0.25, -0.2) is 4.98 Å². The van der Waals surface area contributed by atoms with Gasteiger partial charge in [-0.05, 0) is 25.1 Å². The fourth-order valence-corrected chi connectivity index (χ4v) is 2.53. The van der Waals surface area contributed by atoms with Gasteiger partial charge in [-0.1, -0.05) is 41.9 Å². The van der Waals surface area contributed by atoms with Crippen LogP contribution in [0.25, 0.3) is 10.9 Å².